The lowest BCUT2D eigenvalue weighted by Gasteiger charge is -2.30. The van der Waals surface area contributed by atoms with Crippen LogP contribution in [-0.2, 0) is 0 Å². The Hall–Kier alpha value is -0.0400. The first-order valence-electron chi connectivity index (χ1n) is 7.15. The second-order valence-corrected chi connectivity index (χ2v) is 5.08. The van der Waals surface area contributed by atoms with Crippen LogP contribution in [0.15, 0.2) is 4.99 Å². The summed E-state index contributed by atoms with van der Waals surface area (Å²) in [5.41, 5.74) is 0. The maximum Gasteiger partial charge on any atom is 0.191 e. The lowest BCUT2D eigenvalue weighted by atomic mass is 10.2. The van der Waals surface area contributed by atoms with E-state index in [1.165, 1.54) is 45.2 Å². The van der Waals surface area contributed by atoms with Gasteiger partial charge >= 0.3 is 0 Å². The van der Waals surface area contributed by atoms with Crippen LogP contribution >= 0.6 is 24.0 Å². The molecule has 18 heavy (non-hydrogen) atoms. The molecule has 1 aliphatic heterocycles. The fraction of sp³-hybridized carbons (Fsp3) is 0.923. The van der Waals surface area contributed by atoms with E-state index in [-0.39, 0.29) is 24.0 Å². The lowest BCUT2D eigenvalue weighted by molar-refractivity contribution is 0.187. The number of guanidine groups is 1. The largest absolute Gasteiger partial charge is 0.357 e. The molecule has 2 fully saturated rings. The fourth-order valence-corrected chi connectivity index (χ4v) is 2.49. The Morgan fingerprint density at radius 3 is 2.50 bits per heavy atom. The third kappa shape index (κ3) is 5.30. The Bertz CT molecular complexity index is 247. The van der Waals surface area contributed by atoms with Gasteiger partial charge in [-0.2, -0.15) is 0 Å². The number of hydrogen-bond acceptors (Lipinski definition) is 2. The average Bonchev–Trinajstić information content (AvgIpc) is 2.74. The van der Waals surface area contributed by atoms with Gasteiger partial charge in [-0.15, -0.1) is 24.0 Å². The van der Waals surface area contributed by atoms with Crippen molar-refractivity contribution in [1.29, 1.82) is 0 Å². The van der Waals surface area contributed by atoms with Gasteiger partial charge < -0.3 is 15.5 Å². The molecule has 0 radical (unpaired) electrons. The van der Waals surface area contributed by atoms with Crippen molar-refractivity contribution in [2.24, 2.45) is 4.99 Å². The molecule has 0 bridgehead atoms. The van der Waals surface area contributed by atoms with Crippen molar-refractivity contribution in [2.45, 2.75) is 45.1 Å². The zero-order valence-corrected chi connectivity index (χ0v) is 13.8. The molecule has 0 aromatic carbocycles. The first kappa shape index (κ1) is 16.0. The van der Waals surface area contributed by atoms with E-state index in [2.05, 4.69) is 27.4 Å². The van der Waals surface area contributed by atoms with E-state index in [0.717, 1.165) is 25.6 Å². The molecule has 0 unspecified atom stereocenters. The maximum absolute atomic E-state index is 4.65. The Balaban J connectivity index is 0.00000162. The van der Waals surface area contributed by atoms with Gasteiger partial charge in [-0.1, -0.05) is 12.8 Å². The second kappa shape index (κ2) is 8.96. The molecule has 0 aromatic rings. The van der Waals surface area contributed by atoms with Crippen molar-refractivity contribution >= 4 is 29.9 Å². The number of hydrogen-bond donors (Lipinski definition) is 2. The van der Waals surface area contributed by atoms with E-state index in [1.807, 2.05) is 0 Å². The van der Waals surface area contributed by atoms with Crippen molar-refractivity contribution < 1.29 is 0 Å². The maximum atomic E-state index is 4.65. The number of likely N-dealkylation sites (tertiary alicyclic amines) is 1. The molecule has 5 heteroatoms. The van der Waals surface area contributed by atoms with Crippen molar-refractivity contribution in [3.63, 3.8) is 0 Å². The summed E-state index contributed by atoms with van der Waals surface area (Å²) in [4.78, 5) is 7.11. The molecule has 1 saturated carbocycles. The lowest BCUT2D eigenvalue weighted by Crippen LogP contribution is -2.43. The molecule has 0 aromatic heterocycles. The molecule has 1 saturated heterocycles. The Labute approximate surface area is 128 Å². The Kier molecular flexibility index (Phi) is 7.97. The standard InChI is InChI=1S/C13H26N4.HI/c1-2-14-13(16-12-6-3-4-7-12)15-8-11-17-9-5-10-17;/h12H,2-11H2,1H3,(H2,14,15,16);1H. The minimum atomic E-state index is 0. The smallest absolute Gasteiger partial charge is 0.191 e. The number of rotatable bonds is 5. The van der Waals surface area contributed by atoms with Crippen LogP contribution in [-0.4, -0.2) is 49.6 Å². The van der Waals surface area contributed by atoms with Gasteiger partial charge in [0.25, 0.3) is 0 Å². The van der Waals surface area contributed by atoms with E-state index in [1.54, 1.807) is 0 Å². The number of aliphatic imine (C=N–C) groups is 1. The van der Waals surface area contributed by atoms with Crippen molar-refractivity contribution in [3.05, 3.63) is 0 Å². The Morgan fingerprint density at radius 1 is 1.22 bits per heavy atom. The summed E-state index contributed by atoms with van der Waals surface area (Å²) in [6.45, 7) is 7.64. The predicted octanol–water partition coefficient (Wildman–Crippen LogP) is 1.81. The summed E-state index contributed by atoms with van der Waals surface area (Å²) in [6, 6.07) is 0.650. The highest BCUT2D eigenvalue weighted by Gasteiger charge is 2.16. The molecule has 0 spiro atoms. The molecule has 1 aliphatic carbocycles. The second-order valence-electron chi connectivity index (χ2n) is 5.08. The minimum Gasteiger partial charge on any atom is -0.357 e. The van der Waals surface area contributed by atoms with E-state index in [4.69, 9.17) is 0 Å². The van der Waals surface area contributed by atoms with Crippen LogP contribution in [0.5, 0.6) is 0 Å². The number of nitrogens with one attached hydrogen (secondary N) is 2. The van der Waals surface area contributed by atoms with Crippen molar-refractivity contribution in [1.82, 2.24) is 15.5 Å². The Morgan fingerprint density at radius 2 is 1.94 bits per heavy atom. The van der Waals surface area contributed by atoms with Crippen LogP contribution < -0.4 is 10.6 Å². The SMILES string of the molecule is CCNC(=NCCN1CCC1)NC1CCCC1.I. The summed E-state index contributed by atoms with van der Waals surface area (Å²) in [5, 5.41) is 6.89. The van der Waals surface area contributed by atoms with Crippen LogP contribution in [0.3, 0.4) is 0 Å². The molecular weight excluding hydrogens is 339 g/mol. The molecule has 1 heterocycles. The third-order valence-electron chi connectivity index (χ3n) is 3.68. The molecule has 0 amide bonds. The number of nitrogens with zero attached hydrogens (tertiary/aromatic N) is 2. The van der Waals surface area contributed by atoms with Gasteiger partial charge in [0.2, 0.25) is 0 Å². The highest BCUT2D eigenvalue weighted by atomic mass is 127. The van der Waals surface area contributed by atoms with Gasteiger partial charge in [-0.05, 0) is 39.3 Å². The molecule has 106 valence electrons. The summed E-state index contributed by atoms with van der Waals surface area (Å²) in [7, 11) is 0. The van der Waals surface area contributed by atoms with Crippen molar-refractivity contribution in [2.75, 3.05) is 32.7 Å². The molecule has 4 nitrogen and oxygen atoms in total. The quantitative estimate of drug-likeness (QED) is 0.443. The first-order chi connectivity index (χ1) is 8.38. The molecular formula is C13H27IN4. The van der Waals surface area contributed by atoms with Gasteiger partial charge in [0, 0.05) is 19.1 Å². The summed E-state index contributed by atoms with van der Waals surface area (Å²) in [5.74, 6) is 1.01. The molecule has 2 aliphatic rings. The van der Waals surface area contributed by atoms with Crippen LogP contribution in [0.25, 0.3) is 0 Å². The highest BCUT2D eigenvalue weighted by molar-refractivity contribution is 14.0. The summed E-state index contributed by atoms with van der Waals surface area (Å²) in [6.07, 6.45) is 6.70. The number of halogens is 1. The van der Waals surface area contributed by atoms with E-state index in [9.17, 15) is 0 Å². The average molecular weight is 366 g/mol. The van der Waals surface area contributed by atoms with Gasteiger partial charge in [0.15, 0.2) is 5.96 Å². The minimum absolute atomic E-state index is 0. The van der Waals surface area contributed by atoms with Gasteiger partial charge in [0.05, 0.1) is 6.54 Å². The van der Waals surface area contributed by atoms with E-state index >= 15 is 0 Å². The van der Waals surface area contributed by atoms with Crippen LogP contribution in [0.4, 0.5) is 0 Å². The van der Waals surface area contributed by atoms with Gasteiger partial charge in [0.1, 0.15) is 0 Å². The third-order valence-corrected chi connectivity index (χ3v) is 3.68. The van der Waals surface area contributed by atoms with E-state index < -0.39 is 0 Å². The molecule has 2 N–H and O–H groups in total. The van der Waals surface area contributed by atoms with Crippen LogP contribution in [0.1, 0.15) is 39.0 Å². The zero-order valence-electron chi connectivity index (χ0n) is 11.5. The van der Waals surface area contributed by atoms with Crippen LogP contribution in [0.2, 0.25) is 0 Å². The predicted molar refractivity (Wildman–Crippen MR) is 87.8 cm³/mol. The topological polar surface area (TPSA) is 39.7 Å². The monoisotopic (exact) mass is 366 g/mol. The summed E-state index contributed by atoms with van der Waals surface area (Å²) < 4.78 is 0. The van der Waals surface area contributed by atoms with Gasteiger partial charge in [-0.3, -0.25) is 4.99 Å². The fourth-order valence-electron chi connectivity index (χ4n) is 2.49. The van der Waals surface area contributed by atoms with Crippen LogP contribution in [0, 0.1) is 0 Å². The van der Waals surface area contributed by atoms with E-state index in [0.29, 0.717) is 6.04 Å². The van der Waals surface area contributed by atoms with Gasteiger partial charge in [-0.25, -0.2) is 0 Å². The molecule has 0 atom stereocenters. The molecule has 2 rings (SSSR count). The zero-order chi connectivity index (χ0) is 11.9. The highest BCUT2D eigenvalue weighted by Crippen LogP contribution is 2.17. The summed E-state index contributed by atoms with van der Waals surface area (Å²) >= 11 is 0. The normalized spacial score (nSPS) is 21.3. The first-order valence-corrected chi connectivity index (χ1v) is 7.15. The van der Waals surface area contributed by atoms with Crippen molar-refractivity contribution in [3.8, 4) is 0 Å².